The highest BCUT2D eigenvalue weighted by atomic mass is 16.2. The van der Waals surface area contributed by atoms with E-state index >= 15 is 0 Å². The van der Waals surface area contributed by atoms with Gasteiger partial charge in [-0.05, 0) is 33.1 Å². The fourth-order valence-electron chi connectivity index (χ4n) is 1.87. The van der Waals surface area contributed by atoms with Crippen molar-refractivity contribution in [3.8, 4) is 0 Å². The third kappa shape index (κ3) is 1.77. The minimum absolute atomic E-state index is 0.0929. The molecule has 1 aromatic heterocycles. The van der Waals surface area contributed by atoms with Gasteiger partial charge in [-0.3, -0.25) is 9.48 Å². The van der Waals surface area contributed by atoms with E-state index in [9.17, 15) is 4.79 Å². The van der Waals surface area contributed by atoms with E-state index in [0.29, 0.717) is 24.0 Å². The number of nitrogen functional groups attached to an aromatic ring is 1. The molecule has 88 valence electrons. The maximum atomic E-state index is 12.0. The predicted molar refractivity (Wildman–Crippen MR) is 62.2 cm³/mol. The molecule has 1 amide bonds. The largest absolute Gasteiger partial charge is 0.395 e. The van der Waals surface area contributed by atoms with Gasteiger partial charge in [0.2, 0.25) is 0 Å². The molecule has 0 aromatic carbocycles. The van der Waals surface area contributed by atoms with Crippen LogP contribution in [0.15, 0.2) is 0 Å². The molecule has 1 aliphatic rings. The van der Waals surface area contributed by atoms with Gasteiger partial charge in [0.1, 0.15) is 5.69 Å². The maximum Gasteiger partial charge on any atom is 0.271 e. The van der Waals surface area contributed by atoms with Crippen LogP contribution in [0.3, 0.4) is 0 Å². The van der Waals surface area contributed by atoms with Crippen LogP contribution in [0.5, 0.6) is 0 Å². The molecule has 0 atom stereocenters. The summed E-state index contributed by atoms with van der Waals surface area (Å²) in [6.07, 6.45) is 3.35. The van der Waals surface area contributed by atoms with Crippen molar-refractivity contribution in [2.45, 2.75) is 45.7 Å². The second-order valence-electron chi connectivity index (χ2n) is 4.26. The van der Waals surface area contributed by atoms with E-state index in [2.05, 4.69) is 10.4 Å². The molecule has 1 aromatic rings. The van der Waals surface area contributed by atoms with Gasteiger partial charge in [0.25, 0.3) is 5.91 Å². The van der Waals surface area contributed by atoms with Crippen LogP contribution in [0.2, 0.25) is 0 Å². The van der Waals surface area contributed by atoms with Crippen LogP contribution in [0.25, 0.3) is 0 Å². The van der Waals surface area contributed by atoms with Gasteiger partial charge in [-0.25, -0.2) is 0 Å². The number of amides is 1. The Morgan fingerprint density at radius 1 is 1.62 bits per heavy atom. The Morgan fingerprint density at radius 2 is 2.31 bits per heavy atom. The topological polar surface area (TPSA) is 72.9 Å². The fraction of sp³-hybridized carbons (Fsp3) is 0.636. The lowest BCUT2D eigenvalue weighted by Crippen LogP contribution is -2.40. The van der Waals surface area contributed by atoms with Gasteiger partial charge in [0, 0.05) is 12.6 Å². The lowest BCUT2D eigenvalue weighted by molar-refractivity contribution is 0.0907. The predicted octanol–water partition coefficient (Wildman–Crippen LogP) is 1.08. The first kappa shape index (κ1) is 11.0. The van der Waals surface area contributed by atoms with Crippen LogP contribution >= 0.6 is 0 Å². The van der Waals surface area contributed by atoms with E-state index in [-0.39, 0.29) is 5.91 Å². The molecule has 0 saturated heterocycles. The van der Waals surface area contributed by atoms with Crippen LogP contribution in [0.4, 0.5) is 5.69 Å². The lowest BCUT2D eigenvalue weighted by Gasteiger charge is -2.26. The number of aryl methyl sites for hydroxylation is 2. The van der Waals surface area contributed by atoms with Gasteiger partial charge in [0.15, 0.2) is 0 Å². The zero-order valence-corrected chi connectivity index (χ0v) is 9.79. The number of hydrogen-bond donors (Lipinski definition) is 2. The van der Waals surface area contributed by atoms with Gasteiger partial charge >= 0.3 is 0 Å². The molecule has 5 heteroatoms. The molecular weight excluding hydrogens is 204 g/mol. The van der Waals surface area contributed by atoms with E-state index in [0.717, 1.165) is 18.5 Å². The van der Waals surface area contributed by atoms with Crippen molar-refractivity contribution >= 4 is 11.6 Å². The zero-order valence-electron chi connectivity index (χ0n) is 9.79. The first-order valence-corrected chi connectivity index (χ1v) is 5.77. The molecule has 0 radical (unpaired) electrons. The van der Waals surface area contributed by atoms with Gasteiger partial charge in [-0.2, -0.15) is 5.10 Å². The average Bonchev–Trinajstić information content (AvgIpc) is 2.49. The molecule has 0 unspecified atom stereocenters. The van der Waals surface area contributed by atoms with E-state index in [1.54, 1.807) is 4.68 Å². The van der Waals surface area contributed by atoms with Gasteiger partial charge in [-0.1, -0.05) is 0 Å². The van der Waals surface area contributed by atoms with Crippen LogP contribution in [-0.4, -0.2) is 21.7 Å². The monoisotopic (exact) mass is 222 g/mol. The van der Waals surface area contributed by atoms with Crippen molar-refractivity contribution in [1.29, 1.82) is 0 Å². The normalized spacial score (nSPS) is 15.9. The number of anilines is 1. The Bertz CT molecular complexity index is 406. The minimum Gasteiger partial charge on any atom is -0.395 e. The highest BCUT2D eigenvalue weighted by molar-refractivity contribution is 5.98. The Balaban J connectivity index is 2.20. The van der Waals surface area contributed by atoms with Crippen molar-refractivity contribution in [1.82, 2.24) is 15.1 Å². The van der Waals surface area contributed by atoms with Crippen molar-refractivity contribution in [3.05, 3.63) is 11.4 Å². The van der Waals surface area contributed by atoms with Crippen LogP contribution < -0.4 is 11.1 Å². The summed E-state index contributed by atoms with van der Waals surface area (Å²) in [4.78, 5) is 12.0. The molecule has 5 nitrogen and oxygen atoms in total. The summed E-state index contributed by atoms with van der Waals surface area (Å²) < 4.78 is 1.67. The van der Waals surface area contributed by atoms with E-state index in [4.69, 9.17) is 5.73 Å². The summed E-state index contributed by atoms with van der Waals surface area (Å²) in [5, 5.41) is 7.21. The third-order valence-corrected chi connectivity index (χ3v) is 3.13. The van der Waals surface area contributed by atoms with Gasteiger partial charge < -0.3 is 11.1 Å². The zero-order chi connectivity index (χ0) is 11.7. The van der Waals surface area contributed by atoms with E-state index in [1.165, 1.54) is 6.42 Å². The molecular formula is C11H18N4O. The minimum atomic E-state index is -0.0929. The number of nitrogens with zero attached hydrogens (tertiary/aromatic N) is 2. The number of nitrogens with one attached hydrogen (secondary N) is 1. The second-order valence-corrected chi connectivity index (χ2v) is 4.26. The molecule has 0 aliphatic heterocycles. The number of carbonyl (C=O) groups is 1. The molecule has 0 spiro atoms. The summed E-state index contributed by atoms with van der Waals surface area (Å²) in [5.41, 5.74) is 7.60. The van der Waals surface area contributed by atoms with Crippen LogP contribution in [0.1, 0.15) is 42.4 Å². The highest BCUT2D eigenvalue weighted by Gasteiger charge is 2.24. The number of rotatable bonds is 3. The summed E-state index contributed by atoms with van der Waals surface area (Å²) >= 11 is 0. The number of hydrogen-bond acceptors (Lipinski definition) is 3. The smallest absolute Gasteiger partial charge is 0.271 e. The molecule has 0 bridgehead atoms. The average molecular weight is 222 g/mol. The number of nitrogens with two attached hydrogens (primary N) is 1. The highest BCUT2D eigenvalue weighted by Crippen LogP contribution is 2.21. The summed E-state index contributed by atoms with van der Waals surface area (Å²) in [6, 6.07) is 0.326. The third-order valence-electron chi connectivity index (χ3n) is 3.13. The molecule has 2 rings (SSSR count). The second kappa shape index (κ2) is 4.15. The first-order valence-electron chi connectivity index (χ1n) is 5.77. The van der Waals surface area contributed by atoms with Crippen LogP contribution in [-0.2, 0) is 6.54 Å². The van der Waals surface area contributed by atoms with E-state index < -0.39 is 0 Å². The Morgan fingerprint density at radius 3 is 2.81 bits per heavy atom. The fourth-order valence-corrected chi connectivity index (χ4v) is 1.87. The summed E-state index contributed by atoms with van der Waals surface area (Å²) in [6.45, 7) is 4.43. The molecule has 1 aliphatic carbocycles. The lowest BCUT2D eigenvalue weighted by atomic mass is 9.93. The van der Waals surface area contributed by atoms with Gasteiger partial charge in [-0.15, -0.1) is 0 Å². The Labute approximate surface area is 95.0 Å². The molecule has 1 fully saturated rings. The van der Waals surface area contributed by atoms with Crippen molar-refractivity contribution in [2.24, 2.45) is 0 Å². The standard InChI is InChI=1S/C11H18N4O/c1-3-15-10(9(12)7(2)14-15)11(16)13-8-5-4-6-8/h8H,3-6,12H2,1-2H3,(H,13,16). The maximum absolute atomic E-state index is 12.0. The summed E-state index contributed by atoms with van der Waals surface area (Å²) in [7, 11) is 0. The molecule has 3 N–H and O–H groups in total. The molecule has 16 heavy (non-hydrogen) atoms. The van der Waals surface area contributed by atoms with E-state index in [1.807, 2.05) is 13.8 Å². The van der Waals surface area contributed by atoms with Gasteiger partial charge in [0.05, 0.1) is 11.4 Å². The number of aromatic nitrogens is 2. The van der Waals surface area contributed by atoms with Crippen molar-refractivity contribution < 1.29 is 4.79 Å². The number of carbonyl (C=O) groups excluding carboxylic acids is 1. The van der Waals surface area contributed by atoms with Crippen molar-refractivity contribution in [3.63, 3.8) is 0 Å². The quantitative estimate of drug-likeness (QED) is 0.803. The molecule has 1 saturated carbocycles. The summed E-state index contributed by atoms with van der Waals surface area (Å²) in [5.74, 6) is -0.0929. The van der Waals surface area contributed by atoms with Crippen LogP contribution in [0, 0.1) is 6.92 Å². The Kier molecular flexibility index (Phi) is 2.85. The SMILES string of the molecule is CCn1nc(C)c(N)c1C(=O)NC1CCC1. The molecule has 1 heterocycles. The van der Waals surface area contributed by atoms with Crippen molar-refractivity contribution in [2.75, 3.05) is 5.73 Å². The first-order chi connectivity index (χ1) is 7.63. The Hall–Kier alpha value is -1.52.